The predicted octanol–water partition coefficient (Wildman–Crippen LogP) is 5.73. The van der Waals surface area contributed by atoms with Gasteiger partial charge in [0.1, 0.15) is 11.6 Å². The molecule has 1 fully saturated rings. The highest BCUT2D eigenvalue weighted by Gasteiger charge is 2.21. The number of pyridine rings is 2. The van der Waals surface area contributed by atoms with Crippen LogP contribution in [0.15, 0.2) is 47.6 Å². The van der Waals surface area contributed by atoms with Crippen LogP contribution < -0.4 is 9.46 Å². The number of aromatic nitrogens is 2. The molecule has 1 aliphatic rings. The monoisotopic (exact) mass is 519 g/mol. The molecule has 1 aliphatic heterocycles. The quantitative estimate of drug-likeness (QED) is 0.381. The second kappa shape index (κ2) is 11.5. The van der Waals surface area contributed by atoms with E-state index in [4.69, 9.17) is 16.3 Å². The first-order valence-corrected chi connectivity index (χ1v) is 12.6. The number of nitrogens with one attached hydrogen (secondary N) is 1. The van der Waals surface area contributed by atoms with Crippen molar-refractivity contribution in [2.24, 2.45) is 0 Å². The zero-order valence-electron chi connectivity index (χ0n) is 19.9. The molecular weight excluding hydrogens is 492 g/mol. The van der Waals surface area contributed by atoms with Gasteiger partial charge in [-0.25, -0.2) is 13.8 Å². The third-order valence-corrected chi connectivity index (χ3v) is 6.98. The Morgan fingerprint density at radius 2 is 1.80 bits per heavy atom. The van der Waals surface area contributed by atoms with Crippen LogP contribution in [0.25, 0.3) is 11.3 Å². The molecule has 0 saturated carbocycles. The van der Waals surface area contributed by atoms with E-state index in [2.05, 4.69) is 38.3 Å². The number of anilines is 1. The fraction of sp³-hybridized carbons (Fsp3) is 0.360. The second-order valence-corrected chi connectivity index (χ2v) is 9.92. The van der Waals surface area contributed by atoms with Crippen molar-refractivity contribution < 1.29 is 13.5 Å². The van der Waals surface area contributed by atoms with Crippen molar-refractivity contribution in [2.45, 2.75) is 31.3 Å². The summed E-state index contributed by atoms with van der Waals surface area (Å²) in [5.41, 5.74) is 1.30. The van der Waals surface area contributed by atoms with Gasteiger partial charge >= 0.3 is 0 Å². The van der Waals surface area contributed by atoms with E-state index in [9.17, 15) is 0 Å². The van der Waals surface area contributed by atoms with Gasteiger partial charge in [-0.05, 0) is 61.7 Å². The molecule has 2 aromatic heterocycles. The minimum atomic E-state index is -0.626. The number of benzene rings is 1. The Balaban J connectivity index is 1.47. The Kier molecular flexibility index (Phi) is 8.43. The van der Waals surface area contributed by atoms with Gasteiger partial charge in [0.05, 0.1) is 28.3 Å². The average Bonchev–Trinajstić information content (AvgIpc) is 2.83. The number of hydrogen-bond donors (Lipinski definition) is 1. The largest absolute Gasteiger partial charge is 0.480 e. The van der Waals surface area contributed by atoms with Crippen LogP contribution in [-0.4, -0.2) is 59.1 Å². The number of piperazine rings is 1. The predicted molar refractivity (Wildman–Crippen MR) is 137 cm³/mol. The van der Waals surface area contributed by atoms with Gasteiger partial charge in [0.2, 0.25) is 5.88 Å². The van der Waals surface area contributed by atoms with Gasteiger partial charge in [-0.1, -0.05) is 11.6 Å². The summed E-state index contributed by atoms with van der Waals surface area (Å²) in [5, 5.41) is 0.469. The van der Waals surface area contributed by atoms with Crippen LogP contribution in [0.2, 0.25) is 5.02 Å². The van der Waals surface area contributed by atoms with Gasteiger partial charge in [0.25, 0.3) is 0 Å². The summed E-state index contributed by atoms with van der Waals surface area (Å²) in [6, 6.07) is 8.35. The molecule has 0 unspecified atom stereocenters. The Hall–Kier alpha value is -2.46. The summed E-state index contributed by atoms with van der Waals surface area (Å²) < 4.78 is 38.5. The van der Waals surface area contributed by atoms with E-state index in [1.165, 1.54) is 43.6 Å². The molecule has 0 amide bonds. The molecule has 10 heteroatoms. The molecular formula is C25H28ClF2N5OS. The molecule has 1 saturated heterocycles. The second-order valence-electron chi connectivity index (χ2n) is 8.64. The van der Waals surface area contributed by atoms with E-state index in [0.29, 0.717) is 39.6 Å². The van der Waals surface area contributed by atoms with Crippen LogP contribution in [0.1, 0.15) is 19.4 Å². The van der Waals surface area contributed by atoms with Crippen LogP contribution in [0.4, 0.5) is 14.5 Å². The SMILES string of the molecule is COc1ncc(Cl)cc1SNc1ccnc(-c2c(F)cc(CN3CCN(C(C)C)CC3)cc2F)c1. The number of hydrogen-bond acceptors (Lipinski definition) is 7. The average molecular weight is 520 g/mol. The standard InChI is InChI=1S/C25H28ClF2N5OS/c1-16(2)33-8-6-32(7-9-33)15-17-10-20(27)24(21(28)11-17)22-13-19(4-5-29-22)31-35-23-12-18(26)14-30-25(23)34-3/h4-5,10-14,16H,6-9,15H2,1-3H3,(H,29,31). The van der Waals surface area contributed by atoms with Crippen molar-refractivity contribution in [1.29, 1.82) is 0 Å². The van der Waals surface area contributed by atoms with Crippen LogP contribution in [-0.2, 0) is 6.54 Å². The fourth-order valence-electron chi connectivity index (χ4n) is 4.04. The third kappa shape index (κ3) is 6.41. The van der Waals surface area contributed by atoms with Crippen molar-refractivity contribution >= 4 is 29.2 Å². The summed E-state index contributed by atoms with van der Waals surface area (Å²) in [4.78, 5) is 13.6. The topological polar surface area (TPSA) is 53.5 Å². The molecule has 4 rings (SSSR count). The number of ether oxygens (including phenoxy) is 1. The minimum absolute atomic E-state index is 0.144. The van der Waals surface area contributed by atoms with E-state index < -0.39 is 11.6 Å². The van der Waals surface area contributed by atoms with Gasteiger partial charge in [-0.2, -0.15) is 0 Å². The van der Waals surface area contributed by atoms with Crippen molar-refractivity contribution in [3.05, 3.63) is 64.9 Å². The zero-order valence-corrected chi connectivity index (χ0v) is 21.5. The Labute approximate surface area is 213 Å². The van der Waals surface area contributed by atoms with Gasteiger partial charge in [0.15, 0.2) is 0 Å². The van der Waals surface area contributed by atoms with E-state index >= 15 is 8.78 Å². The molecule has 1 aromatic carbocycles. The molecule has 0 aliphatic carbocycles. The first-order valence-electron chi connectivity index (χ1n) is 11.4. The molecule has 3 heterocycles. The lowest BCUT2D eigenvalue weighted by Crippen LogP contribution is -2.48. The maximum absolute atomic E-state index is 15.1. The van der Waals surface area contributed by atoms with E-state index in [1.54, 1.807) is 18.2 Å². The normalized spacial score (nSPS) is 14.9. The number of rotatable bonds is 8. The highest BCUT2D eigenvalue weighted by molar-refractivity contribution is 8.00. The number of nitrogens with zero attached hydrogens (tertiary/aromatic N) is 4. The lowest BCUT2D eigenvalue weighted by Gasteiger charge is -2.37. The lowest BCUT2D eigenvalue weighted by molar-refractivity contribution is 0.104. The molecule has 0 radical (unpaired) electrons. The molecule has 186 valence electrons. The van der Waals surface area contributed by atoms with Crippen LogP contribution in [0.3, 0.4) is 0 Å². The lowest BCUT2D eigenvalue weighted by atomic mass is 10.1. The van der Waals surface area contributed by atoms with Crippen molar-refractivity contribution in [3.63, 3.8) is 0 Å². The van der Waals surface area contributed by atoms with Crippen LogP contribution in [0, 0.1) is 11.6 Å². The highest BCUT2D eigenvalue weighted by atomic mass is 35.5. The molecule has 3 aromatic rings. The molecule has 6 nitrogen and oxygen atoms in total. The van der Waals surface area contributed by atoms with E-state index in [0.717, 1.165) is 26.2 Å². The first-order chi connectivity index (χ1) is 16.8. The summed E-state index contributed by atoms with van der Waals surface area (Å²) in [6.07, 6.45) is 3.00. The Bertz CT molecular complexity index is 1150. The maximum atomic E-state index is 15.1. The summed E-state index contributed by atoms with van der Waals surface area (Å²) >= 11 is 7.26. The molecule has 1 N–H and O–H groups in total. The fourth-order valence-corrected chi connectivity index (χ4v) is 5.02. The van der Waals surface area contributed by atoms with Crippen LogP contribution in [0.5, 0.6) is 5.88 Å². The van der Waals surface area contributed by atoms with E-state index in [1.807, 2.05) is 0 Å². The van der Waals surface area contributed by atoms with Gasteiger partial charge in [-0.15, -0.1) is 0 Å². The third-order valence-electron chi connectivity index (χ3n) is 5.92. The van der Waals surface area contributed by atoms with Crippen molar-refractivity contribution in [3.8, 4) is 17.1 Å². The summed E-state index contributed by atoms with van der Waals surface area (Å²) in [6.45, 7) is 8.55. The maximum Gasteiger partial charge on any atom is 0.228 e. The van der Waals surface area contributed by atoms with Crippen molar-refractivity contribution in [1.82, 2.24) is 19.8 Å². The van der Waals surface area contributed by atoms with Crippen LogP contribution >= 0.6 is 23.5 Å². The summed E-state index contributed by atoms with van der Waals surface area (Å²) in [5.74, 6) is -0.836. The highest BCUT2D eigenvalue weighted by Crippen LogP contribution is 2.32. The molecule has 0 atom stereocenters. The van der Waals surface area contributed by atoms with Gasteiger partial charge < -0.3 is 9.46 Å². The van der Waals surface area contributed by atoms with Gasteiger partial charge in [0, 0.05) is 56.8 Å². The molecule has 0 bridgehead atoms. The zero-order chi connectivity index (χ0) is 24.9. The van der Waals surface area contributed by atoms with E-state index in [-0.39, 0.29) is 11.3 Å². The Morgan fingerprint density at radius 3 is 2.46 bits per heavy atom. The number of methoxy groups -OCH3 is 1. The molecule has 35 heavy (non-hydrogen) atoms. The summed E-state index contributed by atoms with van der Waals surface area (Å²) in [7, 11) is 1.52. The minimum Gasteiger partial charge on any atom is -0.480 e. The Morgan fingerprint density at radius 1 is 1.09 bits per heavy atom. The van der Waals surface area contributed by atoms with Crippen molar-refractivity contribution in [2.75, 3.05) is 38.0 Å². The van der Waals surface area contributed by atoms with Gasteiger partial charge in [-0.3, -0.25) is 14.8 Å². The number of halogens is 3. The molecule has 0 spiro atoms. The first kappa shape index (κ1) is 25.6. The smallest absolute Gasteiger partial charge is 0.228 e.